The number of anilines is 1. The van der Waals surface area contributed by atoms with Gasteiger partial charge in [-0.05, 0) is 24.1 Å². The van der Waals surface area contributed by atoms with Crippen LogP contribution < -0.4 is 10.2 Å². The fourth-order valence-corrected chi connectivity index (χ4v) is 3.28. The monoisotopic (exact) mass is 361 g/mol. The van der Waals surface area contributed by atoms with Gasteiger partial charge in [-0.25, -0.2) is 4.79 Å². The lowest BCUT2D eigenvalue weighted by molar-refractivity contribution is 0.192. The molecule has 1 aromatic carbocycles. The van der Waals surface area contributed by atoms with Crippen LogP contribution in [-0.4, -0.2) is 53.4 Å². The molecule has 2 amide bonds. The molecule has 2 heterocycles. The Bertz CT molecular complexity index is 683. The number of piperazine rings is 1. The van der Waals surface area contributed by atoms with Crippen LogP contribution in [0.1, 0.15) is 6.92 Å². The Balaban J connectivity index is 1.43. The van der Waals surface area contributed by atoms with Gasteiger partial charge in [-0.15, -0.1) is 0 Å². The van der Waals surface area contributed by atoms with Crippen LogP contribution in [0, 0.1) is 5.92 Å². The SMILES string of the molecule is CC(CNC(=O)N1CCN(c2ccccc2Cl)CC1)Cn1cccn1. The molecule has 3 rings (SSSR count). The number of carbonyl (C=O) groups excluding carboxylic acids is 1. The van der Waals surface area contributed by atoms with E-state index in [4.69, 9.17) is 11.6 Å². The van der Waals surface area contributed by atoms with Crippen molar-refractivity contribution in [2.75, 3.05) is 37.6 Å². The molecular weight excluding hydrogens is 338 g/mol. The zero-order valence-electron chi connectivity index (χ0n) is 14.4. The number of para-hydroxylation sites is 1. The average Bonchev–Trinajstić information content (AvgIpc) is 3.13. The van der Waals surface area contributed by atoms with Crippen molar-refractivity contribution in [3.63, 3.8) is 0 Å². The van der Waals surface area contributed by atoms with Crippen LogP contribution in [0.5, 0.6) is 0 Å². The standard InChI is InChI=1S/C18H24ClN5O/c1-15(14-24-8-4-7-21-24)13-20-18(25)23-11-9-22(10-12-23)17-6-3-2-5-16(17)19/h2-8,15H,9-14H2,1H3,(H,20,25). The normalized spacial score (nSPS) is 15.9. The molecule has 0 bridgehead atoms. The van der Waals surface area contributed by atoms with Crippen LogP contribution in [-0.2, 0) is 6.54 Å². The van der Waals surface area contributed by atoms with Gasteiger partial charge >= 0.3 is 6.03 Å². The van der Waals surface area contributed by atoms with Crippen LogP contribution in [0.25, 0.3) is 0 Å². The Morgan fingerprint density at radius 2 is 2.00 bits per heavy atom. The molecule has 1 saturated heterocycles. The van der Waals surface area contributed by atoms with E-state index in [2.05, 4.69) is 22.2 Å². The molecule has 2 aromatic rings. The van der Waals surface area contributed by atoms with E-state index in [-0.39, 0.29) is 6.03 Å². The zero-order valence-corrected chi connectivity index (χ0v) is 15.2. The highest BCUT2D eigenvalue weighted by Gasteiger charge is 2.22. The number of rotatable bonds is 5. The first-order chi connectivity index (χ1) is 12.1. The summed E-state index contributed by atoms with van der Waals surface area (Å²) in [5, 5.41) is 7.98. The van der Waals surface area contributed by atoms with Crippen LogP contribution in [0.2, 0.25) is 5.02 Å². The highest BCUT2D eigenvalue weighted by atomic mass is 35.5. The van der Waals surface area contributed by atoms with Crippen molar-refractivity contribution in [1.29, 1.82) is 0 Å². The molecule has 1 aromatic heterocycles. The topological polar surface area (TPSA) is 53.4 Å². The number of nitrogens with zero attached hydrogens (tertiary/aromatic N) is 4. The molecule has 134 valence electrons. The van der Waals surface area contributed by atoms with Crippen LogP contribution >= 0.6 is 11.6 Å². The van der Waals surface area contributed by atoms with Gasteiger partial charge in [-0.3, -0.25) is 4.68 Å². The van der Waals surface area contributed by atoms with Gasteiger partial charge in [-0.2, -0.15) is 5.10 Å². The first kappa shape index (κ1) is 17.6. The number of hydrogen-bond donors (Lipinski definition) is 1. The summed E-state index contributed by atoms with van der Waals surface area (Å²) >= 11 is 6.26. The summed E-state index contributed by atoms with van der Waals surface area (Å²) < 4.78 is 1.89. The minimum absolute atomic E-state index is 0.00567. The lowest BCUT2D eigenvalue weighted by Crippen LogP contribution is -2.52. The molecule has 0 radical (unpaired) electrons. The highest BCUT2D eigenvalue weighted by molar-refractivity contribution is 6.33. The van der Waals surface area contributed by atoms with E-state index in [1.807, 2.05) is 46.1 Å². The number of benzene rings is 1. The molecule has 6 nitrogen and oxygen atoms in total. The number of halogens is 1. The third-order valence-electron chi connectivity index (χ3n) is 4.42. The van der Waals surface area contributed by atoms with Gasteiger partial charge in [0.25, 0.3) is 0 Å². The number of amides is 2. The van der Waals surface area contributed by atoms with E-state index < -0.39 is 0 Å². The number of nitrogens with one attached hydrogen (secondary N) is 1. The first-order valence-electron chi connectivity index (χ1n) is 8.63. The van der Waals surface area contributed by atoms with Crippen molar-refractivity contribution >= 4 is 23.3 Å². The zero-order chi connectivity index (χ0) is 17.6. The Morgan fingerprint density at radius 1 is 1.24 bits per heavy atom. The molecule has 0 saturated carbocycles. The summed E-state index contributed by atoms with van der Waals surface area (Å²) in [6, 6.07) is 9.75. The minimum atomic E-state index is 0.00567. The fourth-order valence-electron chi connectivity index (χ4n) is 3.02. The van der Waals surface area contributed by atoms with Crippen LogP contribution in [0.4, 0.5) is 10.5 Å². The smallest absolute Gasteiger partial charge is 0.317 e. The van der Waals surface area contributed by atoms with E-state index in [9.17, 15) is 4.79 Å². The van der Waals surface area contributed by atoms with E-state index in [0.29, 0.717) is 25.6 Å². The van der Waals surface area contributed by atoms with Gasteiger partial charge in [0.05, 0.1) is 10.7 Å². The fraction of sp³-hybridized carbons (Fsp3) is 0.444. The summed E-state index contributed by atoms with van der Waals surface area (Å²) in [5.41, 5.74) is 1.04. The molecule has 1 unspecified atom stereocenters. The summed E-state index contributed by atoms with van der Waals surface area (Å²) in [6.45, 7) is 6.53. The molecule has 1 aliphatic heterocycles. The summed E-state index contributed by atoms with van der Waals surface area (Å²) in [7, 11) is 0. The maximum absolute atomic E-state index is 12.4. The highest BCUT2D eigenvalue weighted by Crippen LogP contribution is 2.25. The Labute approximate surface area is 153 Å². The van der Waals surface area contributed by atoms with Crippen LogP contribution in [0.3, 0.4) is 0 Å². The summed E-state index contributed by atoms with van der Waals surface area (Å²) in [4.78, 5) is 16.5. The third-order valence-corrected chi connectivity index (χ3v) is 4.74. The largest absolute Gasteiger partial charge is 0.367 e. The number of aromatic nitrogens is 2. The minimum Gasteiger partial charge on any atom is -0.367 e. The van der Waals surface area contributed by atoms with Crippen molar-refractivity contribution in [2.24, 2.45) is 5.92 Å². The maximum Gasteiger partial charge on any atom is 0.317 e. The van der Waals surface area contributed by atoms with Gasteiger partial charge in [0.2, 0.25) is 0 Å². The van der Waals surface area contributed by atoms with E-state index in [1.54, 1.807) is 6.20 Å². The molecule has 1 N–H and O–H groups in total. The van der Waals surface area contributed by atoms with Gasteiger partial charge in [0.15, 0.2) is 0 Å². The summed E-state index contributed by atoms with van der Waals surface area (Å²) in [5.74, 6) is 0.327. The van der Waals surface area contributed by atoms with E-state index >= 15 is 0 Å². The first-order valence-corrected chi connectivity index (χ1v) is 9.01. The molecular formula is C18H24ClN5O. The second-order valence-electron chi connectivity index (χ2n) is 6.44. The van der Waals surface area contributed by atoms with Gasteiger partial charge < -0.3 is 15.1 Å². The molecule has 0 aliphatic carbocycles. The molecule has 7 heteroatoms. The molecule has 1 aliphatic rings. The molecule has 1 fully saturated rings. The van der Waals surface area contributed by atoms with Crippen LogP contribution in [0.15, 0.2) is 42.7 Å². The van der Waals surface area contributed by atoms with Crippen molar-refractivity contribution in [1.82, 2.24) is 20.0 Å². The van der Waals surface area contributed by atoms with Crippen molar-refractivity contribution < 1.29 is 4.79 Å². The Morgan fingerprint density at radius 3 is 2.68 bits per heavy atom. The second kappa shape index (κ2) is 8.25. The van der Waals surface area contributed by atoms with Gasteiger partial charge in [0, 0.05) is 51.7 Å². The average molecular weight is 362 g/mol. The molecule has 0 spiro atoms. The Kier molecular flexibility index (Phi) is 5.81. The van der Waals surface area contributed by atoms with E-state index in [1.165, 1.54) is 0 Å². The van der Waals surface area contributed by atoms with Crippen molar-refractivity contribution in [3.05, 3.63) is 47.7 Å². The number of urea groups is 1. The van der Waals surface area contributed by atoms with Crippen molar-refractivity contribution in [2.45, 2.75) is 13.5 Å². The number of carbonyl (C=O) groups is 1. The molecule has 1 atom stereocenters. The van der Waals surface area contributed by atoms with Gasteiger partial charge in [0.1, 0.15) is 0 Å². The third kappa shape index (κ3) is 4.66. The Hall–Kier alpha value is -2.21. The second-order valence-corrected chi connectivity index (χ2v) is 6.85. The van der Waals surface area contributed by atoms with Gasteiger partial charge in [-0.1, -0.05) is 30.7 Å². The quantitative estimate of drug-likeness (QED) is 0.890. The van der Waals surface area contributed by atoms with E-state index in [0.717, 1.165) is 30.3 Å². The van der Waals surface area contributed by atoms with Crippen molar-refractivity contribution in [3.8, 4) is 0 Å². The maximum atomic E-state index is 12.4. The number of hydrogen-bond acceptors (Lipinski definition) is 3. The molecule has 25 heavy (non-hydrogen) atoms. The predicted molar refractivity (Wildman–Crippen MR) is 100 cm³/mol. The lowest BCUT2D eigenvalue weighted by Gasteiger charge is -2.36. The predicted octanol–water partition coefficient (Wildman–Crippen LogP) is 2.70. The lowest BCUT2D eigenvalue weighted by atomic mass is 10.2. The summed E-state index contributed by atoms with van der Waals surface area (Å²) in [6.07, 6.45) is 3.70.